The first-order valence-corrected chi connectivity index (χ1v) is 23.2. The molecule has 0 heterocycles. The molecule has 0 aliphatic heterocycles. The third-order valence-corrected chi connectivity index (χ3v) is 10.0. The fourth-order valence-corrected chi connectivity index (χ4v) is 6.73. The van der Waals surface area contributed by atoms with Gasteiger partial charge < -0.3 is 20.1 Å². The highest BCUT2D eigenvalue weighted by atomic mass is 16.6. The molecular weight excluding hydrogens is 773 g/mol. The van der Waals surface area contributed by atoms with E-state index in [4.69, 9.17) is 9.47 Å². The molecule has 0 bridgehead atoms. The monoisotopic (exact) mass is 851 g/mol. The molecule has 4 atom stereocenters. The fraction of sp³-hybridized carbons (Fsp3) is 0.481. The van der Waals surface area contributed by atoms with Gasteiger partial charge in [-0.2, -0.15) is 0 Å². The molecule has 4 rings (SSSR count). The molecule has 62 heavy (non-hydrogen) atoms. The second-order valence-electron chi connectivity index (χ2n) is 15.6. The van der Waals surface area contributed by atoms with Crippen molar-refractivity contribution in [1.82, 2.24) is 10.6 Å². The van der Waals surface area contributed by atoms with Crippen molar-refractivity contribution in [2.45, 2.75) is 145 Å². The van der Waals surface area contributed by atoms with Crippen molar-refractivity contribution < 1.29 is 28.7 Å². The van der Waals surface area contributed by atoms with Gasteiger partial charge in [0.1, 0.15) is 19.0 Å². The van der Waals surface area contributed by atoms with E-state index < -0.39 is 18.2 Å². The Morgan fingerprint density at radius 3 is 1.35 bits per heavy atom. The lowest BCUT2D eigenvalue weighted by atomic mass is 9.89. The Kier molecular flexibility index (Phi) is 31.2. The summed E-state index contributed by atoms with van der Waals surface area (Å²) in [6.07, 6.45) is 8.24. The Morgan fingerprint density at radius 2 is 0.903 bits per heavy atom. The van der Waals surface area contributed by atoms with Crippen LogP contribution in [0.1, 0.15) is 135 Å². The van der Waals surface area contributed by atoms with E-state index >= 15 is 0 Å². The van der Waals surface area contributed by atoms with Gasteiger partial charge in [0.05, 0.1) is 6.04 Å². The maximum Gasteiger partial charge on any atom is 0.408 e. The predicted octanol–water partition coefficient (Wildman–Crippen LogP) is 13.3. The highest BCUT2D eigenvalue weighted by molar-refractivity contribution is 5.87. The summed E-state index contributed by atoms with van der Waals surface area (Å²) in [6, 6.07) is 38.7. The van der Waals surface area contributed by atoms with E-state index in [0.29, 0.717) is 43.9 Å². The summed E-state index contributed by atoms with van der Waals surface area (Å²) in [5, 5.41) is 5.51. The zero-order valence-corrected chi connectivity index (χ0v) is 39.2. The number of unbranched alkanes of at least 4 members (excludes halogenated alkanes) is 3. The van der Waals surface area contributed by atoms with E-state index in [-0.39, 0.29) is 30.8 Å². The quantitative estimate of drug-likeness (QED) is 0.0679. The summed E-state index contributed by atoms with van der Waals surface area (Å²) in [7, 11) is 0. The first kappa shape index (κ1) is 54.8. The first-order valence-electron chi connectivity index (χ1n) is 23.2. The summed E-state index contributed by atoms with van der Waals surface area (Å²) in [5.74, 6) is 1.24. The van der Waals surface area contributed by atoms with Gasteiger partial charge in [0, 0.05) is 25.3 Å². The highest BCUT2D eigenvalue weighted by Crippen LogP contribution is 2.19. The third-order valence-electron chi connectivity index (χ3n) is 10.0. The van der Waals surface area contributed by atoms with Crippen LogP contribution in [-0.2, 0) is 45.1 Å². The molecule has 0 aromatic heterocycles. The average molecular weight is 851 g/mol. The normalized spacial score (nSPS) is 12.1. The van der Waals surface area contributed by atoms with Crippen LogP contribution in [0.3, 0.4) is 0 Å². The summed E-state index contributed by atoms with van der Waals surface area (Å²) < 4.78 is 10.6. The van der Waals surface area contributed by atoms with Gasteiger partial charge in [0.2, 0.25) is 0 Å². The Bertz CT molecular complexity index is 1720. The van der Waals surface area contributed by atoms with Crippen LogP contribution < -0.4 is 10.6 Å². The predicted molar refractivity (Wildman–Crippen MR) is 256 cm³/mol. The summed E-state index contributed by atoms with van der Waals surface area (Å²) in [4.78, 5) is 49.8. The second kappa shape index (κ2) is 35.4. The Balaban J connectivity index is 0.000000700. The number of alkyl carbamates (subject to hydrolysis) is 2. The summed E-state index contributed by atoms with van der Waals surface area (Å²) in [6.45, 7) is 17.3. The van der Waals surface area contributed by atoms with E-state index in [0.717, 1.165) is 36.8 Å². The number of rotatable bonds is 24. The zero-order valence-electron chi connectivity index (χ0n) is 39.2. The Labute approximate surface area is 375 Å². The Hall–Kier alpha value is -5.24. The number of Topliss-reactive ketones (excluding diaryl/α,β-unsaturated/α-hetero) is 2. The smallest absolute Gasteiger partial charge is 0.408 e. The van der Waals surface area contributed by atoms with Gasteiger partial charge >= 0.3 is 12.2 Å². The lowest BCUT2D eigenvalue weighted by Crippen LogP contribution is -2.41. The Morgan fingerprint density at radius 1 is 0.500 bits per heavy atom. The van der Waals surface area contributed by atoms with Crippen LogP contribution >= 0.6 is 0 Å². The van der Waals surface area contributed by atoms with Gasteiger partial charge in [-0.15, -0.1) is 0 Å². The molecular formula is C54H78N2O6. The molecule has 2 amide bonds. The molecule has 0 saturated carbocycles. The van der Waals surface area contributed by atoms with E-state index in [1.54, 1.807) is 0 Å². The van der Waals surface area contributed by atoms with E-state index in [1.807, 2.05) is 120 Å². The average Bonchev–Trinajstić information content (AvgIpc) is 3.30. The molecule has 0 aliphatic rings. The third kappa shape index (κ3) is 26.2. The highest BCUT2D eigenvalue weighted by Gasteiger charge is 2.23. The number of carbonyl (C=O) groups excluding carboxylic acids is 4. The van der Waals surface area contributed by atoms with Crippen LogP contribution in [0.25, 0.3) is 0 Å². The van der Waals surface area contributed by atoms with Gasteiger partial charge in [-0.25, -0.2) is 9.59 Å². The van der Waals surface area contributed by atoms with Crippen molar-refractivity contribution in [2.75, 3.05) is 6.54 Å². The number of hydrogen-bond acceptors (Lipinski definition) is 6. The lowest BCUT2D eigenvalue weighted by molar-refractivity contribution is -0.123. The topological polar surface area (TPSA) is 111 Å². The number of hydrogen-bond donors (Lipinski definition) is 2. The van der Waals surface area contributed by atoms with Crippen molar-refractivity contribution in [3.8, 4) is 0 Å². The van der Waals surface area contributed by atoms with Crippen LogP contribution in [0, 0.1) is 17.8 Å². The SMILES string of the molecule is CC.CC.CCCCC[C@H](C)C(=O)C[C@@H](C)Cc1ccccc1.C[C@H](CC(=O)[C@H](CCCCNC(=O)OCc1ccccc1)NC(=O)OCc1ccccc1)Cc1ccccc1. The maximum atomic E-state index is 13.2. The van der Waals surface area contributed by atoms with Crippen LogP contribution in [-0.4, -0.2) is 36.3 Å². The van der Waals surface area contributed by atoms with Crippen molar-refractivity contribution >= 4 is 23.8 Å². The molecule has 4 aromatic rings. The van der Waals surface area contributed by atoms with Crippen LogP contribution in [0.4, 0.5) is 9.59 Å². The van der Waals surface area contributed by atoms with Gasteiger partial charge in [0.15, 0.2) is 5.78 Å². The molecule has 8 nitrogen and oxygen atoms in total. The number of ketones is 2. The van der Waals surface area contributed by atoms with Crippen molar-refractivity contribution in [2.24, 2.45) is 17.8 Å². The van der Waals surface area contributed by atoms with Crippen molar-refractivity contribution in [3.63, 3.8) is 0 Å². The second-order valence-corrected chi connectivity index (χ2v) is 15.6. The molecule has 4 aromatic carbocycles. The molecule has 0 saturated heterocycles. The number of benzene rings is 4. The molecule has 0 spiro atoms. The van der Waals surface area contributed by atoms with E-state index in [1.165, 1.54) is 30.4 Å². The largest absolute Gasteiger partial charge is 0.445 e. The number of ether oxygens (including phenoxy) is 2. The molecule has 0 fully saturated rings. The molecule has 340 valence electrons. The fourth-order valence-electron chi connectivity index (χ4n) is 6.73. The van der Waals surface area contributed by atoms with Crippen LogP contribution in [0.2, 0.25) is 0 Å². The molecule has 0 unspecified atom stereocenters. The number of nitrogens with one attached hydrogen (secondary N) is 2. The minimum Gasteiger partial charge on any atom is -0.445 e. The molecule has 0 radical (unpaired) electrons. The van der Waals surface area contributed by atoms with Gasteiger partial charge in [-0.1, -0.05) is 196 Å². The van der Waals surface area contributed by atoms with Gasteiger partial charge in [-0.05, 0) is 72.6 Å². The van der Waals surface area contributed by atoms with Crippen LogP contribution in [0.15, 0.2) is 121 Å². The molecule has 0 aliphatic carbocycles. The van der Waals surface area contributed by atoms with Gasteiger partial charge in [-0.3, -0.25) is 9.59 Å². The minimum absolute atomic E-state index is 0.0228. The zero-order chi connectivity index (χ0) is 45.8. The first-order chi connectivity index (χ1) is 30.1. The molecule has 2 N–H and O–H groups in total. The lowest BCUT2D eigenvalue weighted by Gasteiger charge is -2.20. The van der Waals surface area contributed by atoms with E-state index in [2.05, 4.69) is 67.8 Å². The summed E-state index contributed by atoms with van der Waals surface area (Å²) in [5.41, 5.74) is 4.30. The van der Waals surface area contributed by atoms with Crippen LogP contribution in [0.5, 0.6) is 0 Å². The molecule has 8 heteroatoms. The summed E-state index contributed by atoms with van der Waals surface area (Å²) >= 11 is 0. The van der Waals surface area contributed by atoms with Gasteiger partial charge in [0.25, 0.3) is 0 Å². The van der Waals surface area contributed by atoms with E-state index in [9.17, 15) is 19.2 Å². The number of carbonyl (C=O) groups is 4. The standard InChI is InChI=1S/C32H38N2O5.C18H28O.2C2H6/c1-25(21-26-13-5-2-6-14-26)22-30(35)29(34-32(37)39-24-28-17-9-4-10-18-28)19-11-12-20-33-31(36)38-23-27-15-7-3-8-16-27;1-4-5-7-10-16(3)18(19)14-15(2)13-17-11-8-6-9-12-17;2*1-2/h2-10,13-18,25,29H,11-12,19-24H2,1H3,(H,33,36)(H,34,37);6,8-9,11-12,15-16H,4-5,7,10,13-14H2,1-3H3;2*1-2H3/t25-,29-;15-,16-;;/m00../s1. The minimum atomic E-state index is -0.656. The van der Waals surface area contributed by atoms with Crippen molar-refractivity contribution in [1.29, 1.82) is 0 Å². The number of amides is 2. The maximum absolute atomic E-state index is 13.2. The van der Waals surface area contributed by atoms with Crippen molar-refractivity contribution in [3.05, 3.63) is 144 Å².